The summed E-state index contributed by atoms with van der Waals surface area (Å²) < 4.78 is 45.3. The van der Waals surface area contributed by atoms with Gasteiger partial charge in [-0.3, -0.25) is 19.0 Å². The molecule has 0 aliphatic heterocycles. The number of halogens is 3. The van der Waals surface area contributed by atoms with Gasteiger partial charge in [-0.05, 0) is 31.9 Å². The van der Waals surface area contributed by atoms with Crippen LogP contribution in [0.5, 0.6) is 5.75 Å². The third-order valence-electron chi connectivity index (χ3n) is 4.22. The maximum atomic E-state index is 13.0. The molecule has 1 unspecified atom stereocenters. The molecule has 29 heavy (non-hydrogen) atoms. The van der Waals surface area contributed by atoms with Gasteiger partial charge in [-0.2, -0.15) is 13.2 Å². The number of aryl methyl sites for hydroxylation is 2. The van der Waals surface area contributed by atoms with Crippen molar-refractivity contribution in [3.05, 3.63) is 55.9 Å². The monoisotopic (exact) mass is 413 g/mol. The Kier molecular flexibility index (Phi) is 5.72. The molecule has 0 spiro atoms. The molecule has 1 aromatic carbocycles. The minimum atomic E-state index is -4.89. The molecule has 0 bridgehead atoms. The molecule has 1 atom stereocenters. The molecule has 156 valence electrons. The molecule has 2 N–H and O–H groups in total. The summed E-state index contributed by atoms with van der Waals surface area (Å²) in [5.74, 6) is -1.73. The Bertz CT molecular complexity index is 1100. The summed E-state index contributed by atoms with van der Waals surface area (Å²) in [7, 11) is 0.890. The number of amides is 1. The summed E-state index contributed by atoms with van der Waals surface area (Å²) >= 11 is 0. The van der Waals surface area contributed by atoms with Crippen LogP contribution in [0.4, 0.5) is 13.2 Å². The normalized spacial score (nSPS) is 12.5. The van der Waals surface area contributed by atoms with Gasteiger partial charge in [-0.25, -0.2) is 9.36 Å². The Morgan fingerprint density at radius 2 is 1.69 bits per heavy atom. The standard InChI is InChI=1S/C18H18F3N3O5/c1-8-5-9(2)12(29-15(10(3)25)16(22)27)6-11(8)24-14(26)7-13(18(19,20)21)23(4)17(24)28/h5-7,15H,1-4H3,(H2,22,27). The van der Waals surface area contributed by atoms with Gasteiger partial charge in [0.2, 0.25) is 6.10 Å². The van der Waals surface area contributed by atoms with Crippen LogP contribution in [-0.4, -0.2) is 26.9 Å². The van der Waals surface area contributed by atoms with Crippen molar-refractivity contribution in [3.8, 4) is 11.4 Å². The van der Waals surface area contributed by atoms with Gasteiger partial charge in [0.15, 0.2) is 5.78 Å². The summed E-state index contributed by atoms with van der Waals surface area (Å²) in [5, 5.41) is 0. The zero-order valence-electron chi connectivity index (χ0n) is 16.0. The van der Waals surface area contributed by atoms with Crippen LogP contribution in [-0.2, 0) is 22.8 Å². The second kappa shape index (κ2) is 7.57. The second-order valence-corrected chi connectivity index (χ2v) is 6.46. The lowest BCUT2D eigenvalue weighted by Crippen LogP contribution is -2.41. The largest absolute Gasteiger partial charge is 0.472 e. The average Bonchev–Trinajstić information content (AvgIpc) is 2.57. The van der Waals surface area contributed by atoms with Crippen LogP contribution < -0.4 is 21.7 Å². The molecule has 0 saturated heterocycles. The first-order valence-corrected chi connectivity index (χ1v) is 8.24. The van der Waals surface area contributed by atoms with Gasteiger partial charge >= 0.3 is 11.9 Å². The van der Waals surface area contributed by atoms with Gasteiger partial charge in [0.1, 0.15) is 11.4 Å². The first-order chi connectivity index (χ1) is 13.3. The van der Waals surface area contributed by atoms with Gasteiger partial charge in [-0.15, -0.1) is 0 Å². The van der Waals surface area contributed by atoms with Crippen LogP contribution in [0, 0.1) is 13.8 Å². The molecule has 0 saturated carbocycles. The lowest BCUT2D eigenvalue weighted by Gasteiger charge is -2.19. The number of aromatic nitrogens is 2. The molecule has 2 aromatic rings. The molecule has 0 aliphatic rings. The molecule has 0 aliphatic carbocycles. The zero-order chi connectivity index (χ0) is 22.3. The van der Waals surface area contributed by atoms with E-state index in [0.29, 0.717) is 26.3 Å². The Labute approximate surface area is 162 Å². The third-order valence-corrected chi connectivity index (χ3v) is 4.22. The van der Waals surface area contributed by atoms with Crippen molar-refractivity contribution in [2.75, 3.05) is 0 Å². The van der Waals surface area contributed by atoms with Crippen LogP contribution in [0.25, 0.3) is 5.69 Å². The Morgan fingerprint density at radius 1 is 1.10 bits per heavy atom. The van der Waals surface area contributed by atoms with Crippen LogP contribution >= 0.6 is 0 Å². The minimum Gasteiger partial charge on any atom is -0.472 e. The SMILES string of the molecule is CC(=O)C(Oc1cc(-n2c(=O)cc(C(F)(F)F)n(C)c2=O)c(C)cc1C)C(N)=O. The quantitative estimate of drug-likeness (QED) is 0.735. The smallest absolute Gasteiger partial charge is 0.431 e. The highest BCUT2D eigenvalue weighted by molar-refractivity contribution is 6.02. The topological polar surface area (TPSA) is 113 Å². The Hall–Kier alpha value is -3.37. The summed E-state index contributed by atoms with van der Waals surface area (Å²) in [4.78, 5) is 47.8. The van der Waals surface area contributed by atoms with Crippen molar-refractivity contribution in [2.45, 2.75) is 33.1 Å². The molecule has 0 radical (unpaired) electrons. The van der Waals surface area contributed by atoms with Crippen molar-refractivity contribution in [1.29, 1.82) is 0 Å². The number of hydrogen-bond donors (Lipinski definition) is 1. The fourth-order valence-electron chi connectivity index (χ4n) is 2.78. The molecular weight excluding hydrogens is 395 g/mol. The Balaban J connectivity index is 2.73. The number of carbonyl (C=O) groups is 2. The molecule has 0 fully saturated rings. The van der Waals surface area contributed by atoms with Gasteiger partial charge in [-0.1, -0.05) is 6.07 Å². The molecule has 1 heterocycles. The highest BCUT2D eigenvalue weighted by Gasteiger charge is 2.35. The van der Waals surface area contributed by atoms with Crippen molar-refractivity contribution in [1.82, 2.24) is 9.13 Å². The molecule has 1 aromatic heterocycles. The molecule has 2 rings (SSSR count). The summed E-state index contributed by atoms with van der Waals surface area (Å²) in [6, 6.07) is 3.00. The third kappa shape index (κ3) is 4.23. The van der Waals surface area contributed by atoms with E-state index in [2.05, 4.69) is 0 Å². The maximum absolute atomic E-state index is 13.0. The van der Waals surface area contributed by atoms with Gasteiger partial charge in [0.05, 0.1) is 5.69 Å². The predicted molar refractivity (Wildman–Crippen MR) is 96.0 cm³/mol. The highest BCUT2D eigenvalue weighted by Crippen LogP contribution is 2.28. The van der Waals surface area contributed by atoms with Gasteiger partial charge in [0, 0.05) is 19.2 Å². The zero-order valence-corrected chi connectivity index (χ0v) is 16.0. The van der Waals surface area contributed by atoms with Crippen LogP contribution in [0.2, 0.25) is 0 Å². The number of hydrogen-bond acceptors (Lipinski definition) is 5. The van der Waals surface area contributed by atoms with Crippen molar-refractivity contribution in [2.24, 2.45) is 12.8 Å². The minimum absolute atomic E-state index is 0.0292. The van der Waals surface area contributed by atoms with Crippen LogP contribution in [0.15, 0.2) is 27.8 Å². The van der Waals surface area contributed by atoms with Crippen molar-refractivity contribution < 1.29 is 27.5 Å². The molecular formula is C18H18F3N3O5. The van der Waals surface area contributed by atoms with Gasteiger partial charge < -0.3 is 10.5 Å². The lowest BCUT2D eigenvalue weighted by molar-refractivity contribution is -0.144. The van der Waals surface area contributed by atoms with E-state index in [1.165, 1.54) is 19.1 Å². The van der Waals surface area contributed by atoms with Crippen LogP contribution in [0.3, 0.4) is 0 Å². The number of ether oxygens (including phenoxy) is 1. The first kappa shape index (κ1) is 21.9. The molecule has 11 heteroatoms. The van der Waals surface area contributed by atoms with Crippen molar-refractivity contribution >= 4 is 11.7 Å². The number of primary amides is 1. The van der Waals surface area contributed by atoms with E-state index in [0.717, 1.165) is 14.0 Å². The summed E-state index contributed by atoms with van der Waals surface area (Å²) in [6.07, 6.45) is -6.49. The number of alkyl halides is 3. The number of benzene rings is 1. The first-order valence-electron chi connectivity index (χ1n) is 8.24. The van der Waals surface area contributed by atoms with E-state index in [1.807, 2.05) is 0 Å². The number of nitrogens with zero attached hydrogens (tertiary/aromatic N) is 2. The Morgan fingerprint density at radius 3 is 2.17 bits per heavy atom. The average molecular weight is 413 g/mol. The highest BCUT2D eigenvalue weighted by atomic mass is 19.4. The number of nitrogens with two attached hydrogens (primary N) is 1. The van der Waals surface area contributed by atoms with E-state index in [9.17, 15) is 32.3 Å². The second-order valence-electron chi connectivity index (χ2n) is 6.46. The number of Topliss-reactive ketones (excluding diaryl/α,β-unsaturated/α-hetero) is 1. The maximum Gasteiger partial charge on any atom is 0.431 e. The van der Waals surface area contributed by atoms with E-state index in [4.69, 9.17) is 10.5 Å². The van der Waals surface area contributed by atoms with E-state index >= 15 is 0 Å². The number of rotatable bonds is 5. The number of ketones is 1. The van der Waals surface area contributed by atoms with E-state index < -0.39 is 40.9 Å². The number of carbonyl (C=O) groups excluding carboxylic acids is 2. The van der Waals surface area contributed by atoms with E-state index in [-0.39, 0.29) is 11.4 Å². The fourth-order valence-corrected chi connectivity index (χ4v) is 2.78. The summed E-state index contributed by atoms with van der Waals surface area (Å²) in [6.45, 7) is 4.21. The molecule has 8 nitrogen and oxygen atoms in total. The van der Waals surface area contributed by atoms with Gasteiger partial charge in [0.25, 0.3) is 11.5 Å². The molecule has 1 amide bonds. The summed E-state index contributed by atoms with van der Waals surface area (Å²) in [5.41, 5.74) is 2.11. The predicted octanol–water partition coefficient (Wildman–Crippen LogP) is 0.994. The van der Waals surface area contributed by atoms with Crippen LogP contribution in [0.1, 0.15) is 23.7 Å². The van der Waals surface area contributed by atoms with E-state index in [1.54, 1.807) is 6.92 Å². The fraction of sp³-hybridized carbons (Fsp3) is 0.333. The lowest BCUT2D eigenvalue weighted by atomic mass is 10.1. The van der Waals surface area contributed by atoms with Crippen molar-refractivity contribution in [3.63, 3.8) is 0 Å².